The van der Waals surface area contributed by atoms with E-state index in [9.17, 15) is 22.4 Å². The van der Waals surface area contributed by atoms with Gasteiger partial charge in [0.05, 0.1) is 22.6 Å². The van der Waals surface area contributed by atoms with Crippen molar-refractivity contribution in [3.05, 3.63) is 49.4 Å². The fraction of sp³-hybridized carbons (Fsp3) is 0.154. The van der Waals surface area contributed by atoms with Gasteiger partial charge in [0.25, 0.3) is 0 Å². The second kappa shape index (κ2) is 6.84. The first-order valence-electron chi connectivity index (χ1n) is 6.36. The minimum Gasteiger partial charge on any atom is -0.399 e. The number of aromatic nitrogens is 2. The van der Waals surface area contributed by atoms with E-state index in [4.69, 9.17) is 29.6 Å². The number of nitrogen functional groups attached to an aromatic ring is 1. The summed E-state index contributed by atoms with van der Waals surface area (Å²) in [5.41, 5.74) is 1.32. The molecule has 0 spiro atoms. The van der Waals surface area contributed by atoms with Gasteiger partial charge in [-0.1, -0.05) is 29.0 Å². The third-order valence-corrected chi connectivity index (χ3v) is 3.76. The van der Waals surface area contributed by atoms with Gasteiger partial charge in [0, 0.05) is 5.56 Å². The van der Waals surface area contributed by atoms with Crippen LogP contribution in [-0.2, 0) is 11.0 Å². The van der Waals surface area contributed by atoms with Crippen LogP contribution in [0.4, 0.5) is 23.2 Å². The number of hydrogen-bond acceptors (Lipinski definition) is 5. The molecule has 0 fully saturated rings. The molecule has 0 unspecified atom stereocenters. The van der Waals surface area contributed by atoms with Gasteiger partial charge in [0.15, 0.2) is 5.69 Å². The number of benzene rings is 1. The molecule has 0 atom stereocenters. The number of anilines is 1. The monoisotopic (exact) mass is 396 g/mol. The lowest BCUT2D eigenvalue weighted by atomic mass is 10.2. The lowest BCUT2D eigenvalue weighted by molar-refractivity contribution is -0.140. The summed E-state index contributed by atoms with van der Waals surface area (Å²) in [6, 6.07) is 1.92. The molecule has 3 N–H and O–H groups in total. The zero-order valence-corrected chi connectivity index (χ0v) is 13.9. The summed E-state index contributed by atoms with van der Waals surface area (Å²) < 4.78 is 52.6. The first kappa shape index (κ1) is 18.9. The van der Waals surface area contributed by atoms with Crippen molar-refractivity contribution in [2.75, 3.05) is 12.8 Å². The molecule has 134 valence electrons. The molecule has 1 aromatic heterocycles. The predicted molar refractivity (Wildman–Crippen MR) is 86.2 cm³/mol. The average Bonchev–Trinajstić information content (AvgIpc) is 2.50. The van der Waals surface area contributed by atoms with E-state index in [2.05, 4.69) is 9.99 Å². The number of oxime groups is 1. The van der Waals surface area contributed by atoms with Crippen LogP contribution >= 0.6 is 23.8 Å². The van der Waals surface area contributed by atoms with Crippen molar-refractivity contribution >= 4 is 35.7 Å². The molecule has 0 aliphatic rings. The van der Waals surface area contributed by atoms with Crippen LogP contribution in [0.3, 0.4) is 0 Å². The molecular formula is C13H9ClF4N4O2S. The summed E-state index contributed by atoms with van der Waals surface area (Å²) in [4.78, 5) is 18.1. The van der Waals surface area contributed by atoms with Crippen LogP contribution in [0.2, 0.25) is 5.02 Å². The van der Waals surface area contributed by atoms with Gasteiger partial charge in [-0.05, 0) is 12.1 Å². The summed E-state index contributed by atoms with van der Waals surface area (Å²) in [6.45, 7) is 0. The highest BCUT2D eigenvalue weighted by atomic mass is 35.5. The third-order valence-electron chi connectivity index (χ3n) is 3.03. The highest BCUT2D eigenvalue weighted by Gasteiger charge is 2.36. The Labute approximate surface area is 147 Å². The van der Waals surface area contributed by atoms with Gasteiger partial charge in [-0.25, -0.2) is 13.8 Å². The predicted octanol–water partition coefficient (Wildman–Crippen LogP) is 3.27. The fourth-order valence-electron chi connectivity index (χ4n) is 1.93. The van der Waals surface area contributed by atoms with E-state index in [0.29, 0.717) is 4.57 Å². The Bertz CT molecular complexity index is 968. The molecule has 0 saturated carbocycles. The zero-order valence-electron chi connectivity index (χ0n) is 12.3. The Morgan fingerprint density at radius 3 is 2.64 bits per heavy atom. The first-order chi connectivity index (χ1) is 11.6. The molecule has 25 heavy (non-hydrogen) atoms. The Kier molecular flexibility index (Phi) is 5.18. The van der Waals surface area contributed by atoms with Crippen molar-refractivity contribution in [3.8, 4) is 5.69 Å². The van der Waals surface area contributed by atoms with Crippen molar-refractivity contribution in [1.29, 1.82) is 0 Å². The molecule has 0 bridgehead atoms. The van der Waals surface area contributed by atoms with Crippen LogP contribution in [0.5, 0.6) is 0 Å². The second-order valence-corrected chi connectivity index (χ2v) is 5.39. The van der Waals surface area contributed by atoms with Crippen LogP contribution < -0.4 is 11.4 Å². The summed E-state index contributed by atoms with van der Waals surface area (Å²) in [6.07, 6.45) is -3.80. The molecule has 1 heterocycles. The minimum absolute atomic E-state index is 0.0649. The topological polar surface area (TPSA) is 85.4 Å². The summed E-state index contributed by atoms with van der Waals surface area (Å²) in [5.74, 6) is -1.000. The molecule has 0 aliphatic carbocycles. The van der Waals surface area contributed by atoms with E-state index < -0.39 is 39.4 Å². The number of H-pyrrole nitrogens is 1. The van der Waals surface area contributed by atoms with Gasteiger partial charge in [-0.3, -0.25) is 0 Å². The van der Waals surface area contributed by atoms with Gasteiger partial charge < -0.3 is 15.6 Å². The van der Waals surface area contributed by atoms with Gasteiger partial charge in [0.1, 0.15) is 17.6 Å². The van der Waals surface area contributed by atoms with Crippen LogP contribution in [-0.4, -0.2) is 22.9 Å². The molecule has 0 saturated heterocycles. The van der Waals surface area contributed by atoms with Crippen molar-refractivity contribution < 1.29 is 22.4 Å². The number of hydrogen-bond donors (Lipinski definition) is 2. The Hall–Kier alpha value is -2.40. The maximum absolute atomic E-state index is 14.2. The highest BCUT2D eigenvalue weighted by molar-refractivity contribution is 7.71. The minimum atomic E-state index is -4.93. The normalized spacial score (nSPS) is 11.9. The number of aromatic amines is 1. The molecule has 2 rings (SSSR count). The van der Waals surface area contributed by atoms with E-state index in [1.165, 1.54) is 7.11 Å². The van der Waals surface area contributed by atoms with Crippen LogP contribution in [0.25, 0.3) is 5.69 Å². The molecule has 2 aromatic rings. The number of nitrogens with zero attached hydrogens (tertiary/aromatic N) is 2. The van der Waals surface area contributed by atoms with Crippen molar-refractivity contribution in [2.45, 2.75) is 6.18 Å². The van der Waals surface area contributed by atoms with Crippen LogP contribution in [0.15, 0.2) is 22.1 Å². The average molecular weight is 397 g/mol. The fourth-order valence-corrected chi connectivity index (χ4v) is 2.41. The second-order valence-electron chi connectivity index (χ2n) is 4.60. The van der Waals surface area contributed by atoms with Crippen molar-refractivity contribution in [2.24, 2.45) is 5.16 Å². The summed E-state index contributed by atoms with van der Waals surface area (Å²) in [7, 11) is 1.26. The lowest BCUT2D eigenvalue weighted by Gasteiger charge is -2.14. The molecule has 0 radical (unpaired) electrons. The maximum Gasteiger partial charge on any atom is 0.433 e. The van der Waals surface area contributed by atoms with Crippen LogP contribution in [0.1, 0.15) is 11.3 Å². The van der Waals surface area contributed by atoms with Crippen molar-refractivity contribution in [1.82, 2.24) is 9.55 Å². The lowest BCUT2D eigenvalue weighted by Crippen LogP contribution is -2.29. The van der Waals surface area contributed by atoms with Gasteiger partial charge in [-0.15, -0.1) is 0 Å². The van der Waals surface area contributed by atoms with Crippen LogP contribution in [0, 0.1) is 10.5 Å². The Balaban J connectivity index is 2.80. The van der Waals surface area contributed by atoms with E-state index in [-0.39, 0.29) is 10.6 Å². The van der Waals surface area contributed by atoms with Gasteiger partial charge >= 0.3 is 11.9 Å². The number of alkyl halides is 3. The SMILES string of the molecule is CON=Cc1cc(-n2c(=O)[nH]c(C(F)(F)F)c(N)c2=S)c(F)cc1Cl. The maximum atomic E-state index is 14.2. The van der Waals surface area contributed by atoms with E-state index >= 15 is 0 Å². The molecule has 1 aromatic carbocycles. The van der Waals surface area contributed by atoms with Crippen molar-refractivity contribution in [3.63, 3.8) is 0 Å². The summed E-state index contributed by atoms with van der Waals surface area (Å²) >= 11 is 10.6. The highest BCUT2D eigenvalue weighted by Crippen LogP contribution is 2.32. The quantitative estimate of drug-likeness (QED) is 0.361. The number of nitrogens with one attached hydrogen (secondary N) is 1. The Morgan fingerprint density at radius 1 is 1.44 bits per heavy atom. The third kappa shape index (κ3) is 3.66. The summed E-state index contributed by atoms with van der Waals surface area (Å²) in [5, 5.41) is 3.38. The zero-order chi connectivity index (χ0) is 18.9. The molecule has 0 aliphatic heterocycles. The largest absolute Gasteiger partial charge is 0.433 e. The molecule has 12 heteroatoms. The van der Waals surface area contributed by atoms with Gasteiger partial charge in [-0.2, -0.15) is 13.2 Å². The molecule has 0 amide bonds. The first-order valence-corrected chi connectivity index (χ1v) is 7.14. The van der Waals surface area contributed by atoms with E-state index in [0.717, 1.165) is 18.3 Å². The number of rotatable bonds is 3. The number of halogens is 5. The van der Waals surface area contributed by atoms with E-state index in [1.54, 1.807) is 4.98 Å². The smallest absolute Gasteiger partial charge is 0.399 e. The van der Waals surface area contributed by atoms with E-state index in [1.807, 2.05) is 0 Å². The standard InChI is InChI=1S/C13H9ClF4N4O2S/c1-24-20-4-5-2-8(7(15)3-6(5)14)22-11(25)9(19)10(13(16,17)18)21-12(22)23/h2-4H,19H2,1H3,(H,21,23). The molecular weight excluding hydrogens is 388 g/mol. The van der Waals surface area contributed by atoms with Gasteiger partial charge in [0.2, 0.25) is 0 Å². The number of nitrogens with two attached hydrogens (primary N) is 1. The molecule has 6 nitrogen and oxygen atoms in total. The Morgan fingerprint density at radius 2 is 2.08 bits per heavy atom.